The van der Waals surface area contributed by atoms with Crippen molar-refractivity contribution in [2.45, 2.75) is 25.8 Å². The van der Waals surface area contributed by atoms with E-state index >= 15 is 0 Å². The number of nitrogens with zero attached hydrogens (tertiary/aromatic N) is 4. The molecule has 1 N–H and O–H groups in total. The first-order chi connectivity index (χ1) is 14.5. The molecule has 3 aromatic rings. The maximum atomic E-state index is 13.1. The number of imidazole rings is 1. The lowest BCUT2D eigenvalue weighted by atomic mass is 9.99. The number of pyridine rings is 1. The van der Waals surface area contributed by atoms with Gasteiger partial charge in [-0.25, -0.2) is 9.78 Å². The fourth-order valence-electron chi connectivity index (χ4n) is 4.18. The molecule has 1 saturated heterocycles. The number of hydrogen-bond donors (Lipinski definition) is 1. The van der Waals surface area contributed by atoms with Crippen LogP contribution >= 0.6 is 0 Å². The largest absolute Gasteiger partial charge is 0.481 e. The maximum absolute atomic E-state index is 13.1. The first-order valence-corrected chi connectivity index (χ1v) is 10.1. The summed E-state index contributed by atoms with van der Waals surface area (Å²) in [6.07, 6.45) is 3.64. The van der Waals surface area contributed by atoms with Crippen LogP contribution in [-0.4, -0.2) is 41.0 Å². The van der Waals surface area contributed by atoms with Gasteiger partial charge in [-0.15, -0.1) is 0 Å². The van der Waals surface area contributed by atoms with Gasteiger partial charge in [0, 0.05) is 42.2 Å². The third-order valence-corrected chi connectivity index (χ3v) is 5.95. The van der Waals surface area contributed by atoms with E-state index in [1.165, 1.54) is 0 Å². The van der Waals surface area contributed by atoms with Crippen LogP contribution in [0.4, 0.5) is 5.69 Å². The van der Waals surface area contributed by atoms with Crippen LogP contribution in [0.15, 0.2) is 46.3 Å². The van der Waals surface area contributed by atoms with Crippen molar-refractivity contribution in [1.29, 1.82) is 0 Å². The fourth-order valence-corrected chi connectivity index (χ4v) is 4.18. The lowest BCUT2D eigenvalue weighted by Crippen LogP contribution is -2.34. The van der Waals surface area contributed by atoms with Gasteiger partial charge in [0.2, 0.25) is 5.88 Å². The molecule has 0 amide bonds. The fraction of sp³-hybridized carbons (Fsp3) is 0.348. The van der Waals surface area contributed by atoms with Crippen LogP contribution in [-0.2, 0) is 7.05 Å². The number of hydrogen-bond acceptors (Lipinski definition) is 5. The Balaban J connectivity index is 1.90. The number of aliphatic imine (C=N–C) groups is 1. The van der Waals surface area contributed by atoms with E-state index in [1.54, 1.807) is 17.9 Å². The standard InChI is InChI=1S/C23H27N5O2/c1-15-22(28(23(29)27(15)3)18-9-11-25-12-10-18)19-13-16(5-7-20(19)24-2)17-6-8-21(30-4)26-14-17/h5-8,13-14,18,25H,2,9-12H2,1,3-4H3. The Labute approximate surface area is 176 Å². The van der Waals surface area contributed by atoms with Crippen LogP contribution < -0.4 is 15.7 Å². The molecule has 0 saturated carbocycles. The molecule has 1 aliphatic rings. The SMILES string of the molecule is C=Nc1ccc(-c2ccc(OC)nc2)cc1-c1c(C)n(C)c(=O)n1C1CCNCC1. The molecule has 30 heavy (non-hydrogen) atoms. The molecule has 0 aliphatic carbocycles. The van der Waals surface area contributed by atoms with Gasteiger partial charge in [0.15, 0.2) is 0 Å². The van der Waals surface area contributed by atoms with Crippen molar-refractivity contribution < 1.29 is 4.74 Å². The van der Waals surface area contributed by atoms with Gasteiger partial charge in [0.1, 0.15) is 0 Å². The van der Waals surface area contributed by atoms with Crippen molar-refractivity contribution in [2.24, 2.45) is 12.0 Å². The highest BCUT2D eigenvalue weighted by molar-refractivity contribution is 5.82. The number of piperidine rings is 1. The van der Waals surface area contributed by atoms with Crippen LogP contribution in [0, 0.1) is 6.92 Å². The Kier molecular flexibility index (Phi) is 5.55. The number of aromatic nitrogens is 3. The number of benzene rings is 1. The second kappa shape index (κ2) is 8.28. The lowest BCUT2D eigenvalue weighted by molar-refractivity contribution is 0.361. The van der Waals surface area contributed by atoms with Gasteiger partial charge in [0.25, 0.3) is 0 Å². The van der Waals surface area contributed by atoms with Crippen LogP contribution in [0.3, 0.4) is 0 Å². The zero-order valence-electron chi connectivity index (χ0n) is 17.7. The smallest absolute Gasteiger partial charge is 0.328 e. The van der Waals surface area contributed by atoms with Crippen LogP contribution in [0.5, 0.6) is 5.88 Å². The summed E-state index contributed by atoms with van der Waals surface area (Å²) in [5.74, 6) is 0.571. The van der Waals surface area contributed by atoms with E-state index in [4.69, 9.17) is 4.74 Å². The summed E-state index contributed by atoms with van der Waals surface area (Å²) in [7, 11) is 3.43. The molecule has 156 valence electrons. The molecule has 7 heteroatoms. The molecule has 0 spiro atoms. The molecule has 3 heterocycles. The van der Waals surface area contributed by atoms with Crippen molar-refractivity contribution >= 4 is 12.4 Å². The molecule has 0 unspecified atom stereocenters. The van der Waals surface area contributed by atoms with E-state index in [0.29, 0.717) is 5.88 Å². The summed E-state index contributed by atoms with van der Waals surface area (Å²) in [6.45, 7) is 7.57. The van der Waals surface area contributed by atoms with Crippen molar-refractivity contribution in [1.82, 2.24) is 19.4 Å². The topological polar surface area (TPSA) is 73.4 Å². The number of rotatable bonds is 5. The van der Waals surface area contributed by atoms with Crippen molar-refractivity contribution in [3.8, 4) is 28.3 Å². The summed E-state index contributed by atoms with van der Waals surface area (Å²) >= 11 is 0. The average molecular weight is 406 g/mol. The highest BCUT2D eigenvalue weighted by Gasteiger charge is 2.26. The molecule has 2 aromatic heterocycles. The lowest BCUT2D eigenvalue weighted by Gasteiger charge is -2.25. The van der Waals surface area contributed by atoms with Gasteiger partial charge < -0.3 is 10.1 Å². The second-order valence-corrected chi connectivity index (χ2v) is 7.61. The first-order valence-electron chi connectivity index (χ1n) is 10.1. The van der Waals surface area contributed by atoms with Crippen molar-refractivity contribution in [3.05, 3.63) is 52.7 Å². The summed E-state index contributed by atoms with van der Waals surface area (Å²) < 4.78 is 8.85. The third kappa shape index (κ3) is 3.45. The van der Waals surface area contributed by atoms with E-state index in [0.717, 1.165) is 59.7 Å². The Morgan fingerprint density at radius 3 is 2.57 bits per heavy atom. The molecular weight excluding hydrogens is 378 g/mol. The molecule has 0 atom stereocenters. The monoisotopic (exact) mass is 405 g/mol. The average Bonchev–Trinajstić information content (AvgIpc) is 3.03. The molecule has 1 fully saturated rings. The number of nitrogens with one attached hydrogen (secondary N) is 1. The van der Waals surface area contributed by atoms with Gasteiger partial charge in [-0.2, -0.15) is 0 Å². The molecular formula is C23H27N5O2. The molecule has 7 nitrogen and oxygen atoms in total. The summed E-state index contributed by atoms with van der Waals surface area (Å²) in [5, 5.41) is 3.38. The van der Waals surface area contributed by atoms with Crippen LogP contribution in [0.25, 0.3) is 22.4 Å². The normalized spacial score (nSPS) is 14.6. The molecule has 4 rings (SSSR count). The quantitative estimate of drug-likeness (QED) is 0.660. The Morgan fingerprint density at radius 2 is 1.93 bits per heavy atom. The van der Waals surface area contributed by atoms with E-state index in [-0.39, 0.29) is 11.7 Å². The molecule has 1 aromatic carbocycles. The summed E-state index contributed by atoms with van der Waals surface area (Å²) in [4.78, 5) is 21.7. The van der Waals surface area contributed by atoms with Gasteiger partial charge in [-0.3, -0.25) is 14.1 Å². The predicted octanol–water partition coefficient (Wildman–Crippen LogP) is 3.49. The van der Waals surface area contributed by atoms with Gasteiger partial charge in [0.05, 0.1) is 18.5 Å². The van der Waals surface area contributed by atoms with Gasteiger partial charge in [-0.05, 0) is 63.3 Å². The van der Waals surface area contributed by atoms with E-state index < -0.39 is 0 Å². The minimum atomic E-state index is 0.0147. The van der Waals surface area contributed by atoms with Crippen molar-refractivity contribution in [2.75, 3.05) is 20.2 Å². The summed E-state index contributed by atoms with van der Waals surface area (Å²) in [5.41, 5.74) is 5.50. The number of ether oxygens (including phenoxy) is 1. The molecule has 0 radical (unpaired) electrons. The van der Waals surface area contributed by atoms with Gasteiger partial charge >= 0.3 is 5.69 Å². The highest BCUT2D eigenvalue weighted by atomic mass is 16.5. The summed E-state index contributed by atoms with van der Waals surface area (Å²) in [6, 6.07) is 10.0. The predicted molar refractivity (Wildman–Crippen MR) is 120 cm³/mol. The van der Waals surface area contributed by atoms with Crippen LogP contribution in [0.1, 0.15) is 24.6 Å². The van der Waals surface area contributed by atoms with Crippen LogP contribution in [0.2, 0.25) is 0 Å². The number of methoxy groups -OCH3 is 1. The van der Waals surface area contributed by atoms with Gasteiger partial charge in [-0.1, -0.05) is 6.07 Å². The zero-order chi connectivity index (χ0) is 21.3. The Bertz CT molecular complexity index is 1120. The highest BCUT2D eigenvalue weighted by Crippen LogP contribution is 2.37. The first kappa shape index (κ1) is 20.1. The minimum Gasteiger partial charge on any atom is -0.481 e. The Morgan fingerprint density at radius 1 is 1.20 bits per heavy atom. The molecule has 1 aliphatic heterocycles. The van der Waals surface area contributed by atoms with E-state index in [9.17, 15) is 4.79 Å². The minimum absolute atomic E-state index is 0.0147. The van der Waals surface area contributed by atoms with E-state index in [2.05, 4.69) is 28.1 Å². The maximum Gasteiger partial charge on any atom is 0.328 e. The third-order valence-electron chi connectivity index (χ3n) is 5.95. The zero-order valence-corrected chi connectivity index (χ0v) is 17.7. The molecule has 0 bridgehead atoms. The van der Waals surface area contributed by atoms with E-state index in [1.807, 2.05) is 42.8 Å². The van der Waals surface area contributed by atoms with Crippen molar-refractivity contribution in [3.63, 3.8) is 0 Å². The Hall–Kier alpha value is -3.19. The second-order valence-electron chi connectivity index (χ2n) is 7.61.